The van der Waals surface area contributed by atoms with Gasteiger partial charge in [0, 0.05) is 24.0 Å². The summed E-state index contributed by atoms with van der Waals surface area (Å²) in [6.45, 7) is 4.35. The second-order valence-corrected chi connectivity index (χ2v) is 6.16. The van der Waals surface area contributed by atoms with E-state index in [1.54, 1.807) is 0 Å². The second kappa shape index (κ2) is 5.10. The molecule has 1 aliphatic rings. The smallest absolute Gasteiger partial charge is 0.134 e. The van der Waals surface area contributed by atoms with Gasteiger partial charge in [0.05, 0.1) is 5.52 Å². The molecule has 0 amide bonds. The van der Waals surface area contributed by atoms with Crippen molar-refractivity contribution in [3.8, 4) is 0 Å². The minimum Gasteiger partial charge on any atom is -0.302 e. The molecule has 2 aromatic rings. The largest absolute Gasteiger partial charge is 0.302 e. The number of benzene rings is 1. The summed E-state index contributed by atoms with van der Waals surface area (Å²) in [5, 5.41) is 1.80. The van der Waals surface area contributed by atoms with Gasteiger partial charge in [0.25, 0.3) is 0 Å². The molecule has 1 aromatic carbocycles. The summed E-state index contributed by atoms with van der Waals surface area (Å²) in [6, 6.07) is 10.3. The molecule has 0 bridgehead atoms. The third kappa shape index (κ3) is 2.90. The Morgan fingerprint density at radius 1 is 1.37 bits per heavy atom. The zero-order valence-corrected chi connectivity index (χ0v) is 12.2. The van der Waals surface area contributed by atoms with Crippen molar-refractivity contribution in [3.63, 3.8) is 0 Å². The Bertz CT molecular complexity index is 596. The van der Waals surface area contributed by atoms with E-state index in [2.05, 4.69) is 36.0 Å². The van der Waals surface area contributed by atoms with Crippen molar-refractivity contribution in [1.82, 2.24) is 9.88 Å². The van der Waals surface area contributed by atoms with E-state index in [4.69, 9.17) is 11.6 Å². The molecule has 1 aliphatic carbocycles. The number of aromatic nitrogens is 1. The van der Waals surface area contributed by atoms with Crippen molar-refractivity contribution in [2.45, 2.75) is 19.9 Å². The van der Waals surface area contributed by atoms with Crippen molar-refractivity contribution in [3.05, 3.63) is 41.0 Å². The Balaban J connectivity index is 1.77. The second-order valence-electron chi connectivity index (χ2n) is 5.80. The standard InChI is InChI=1S/C16H19ClN2/c1-11-7-13(11)9-19(2)10-14-8-12-5-3-4-6-15(12)18-16(14)17/h3-6,8,11,13H,7,9-10H2,1-2H3. The van der Waals surface area contributed by atoms with Crippen molar-refractivity contribution in [1.29, 1.82) is 0 Å². The van der Waals surface area contributed by atoms with Crippen LogP contribution in [0.25, 0.3) is 10.9 Å². The molecule has 0 N–H and O–H groups in total. The third-order valence-electron chi connectivity index (χ3n) is 4.01. The average molecular weight is 275 g/mol. The van der Waals surface area contributed by atoms with Gasteiger partial charge in [-0.05, 0) is 37.4 Å². The van der Waals surface area contributed by atoms with Crippen molar-refractivity contribution >= 4 is 22.5 Å². The molecule has 1 heterocycles. The van der Waals surface area contributed by atoms with Gasteiger partial charge in [-0.3, -0.25) is 0 Å². The van der Waals surface area contributed by atoms with Crippen LogP contribution in [0.1, 0.15) is 18.9 Å². The van der Waals surface area contributed by atoms with E-state index in [1.807, 2.05) is 18.2 Å². The van der Waals surface area contributed by atoms with Crippen LogP contribution < -0.4 is 0 Å². The fraction of sp³-hybridized carbons (Fsp3) is 0.438. The van der Waals surface area contributed by atoms with Crippen LogP contribution in [-0.4, -0.2) is 23.5 Å². The maximum absolute atomic E-state index is 6.29. The Labute approximate surface area is 119 Å². The van der Waals surface area contributed by atoms with E-state index in [9.17, 15) is 0 Å². The summed E-state index contributed by atoms with van der Waals surface area (Å²) in [5.41, 5.74) is 2.09. The van der Waals surface area contributed by atoms with Gasteiger partial charge in [0.2, 0.25) is 0 Å². The van der Waals surface area contributed by atoms with Gasteiger partial charge in [-0.2, -0.15) is 0 Å². The van der Waals surface area contributed by atoms with Gasteiger partial charge in [0.1, 0.15) is 5.15 Å². The number of pyridine rings is 1. The van der Waals surface area contributed by atoms with Crippen LogP contribution in [0.2, 0.25) is 5.15 Å². The van der Waals surface area contributed by atoms with Crippen LogP contribution in [0.15, 0.2) is 30.3 Å². The molecule has 2 unspecified atom stereocenters. The molecular formula is C16H19ClN2. The molecule has 2 atom stereocenters. The van der Waals surface area contributed by atoms with Gasteiger partial charge in [-0.25, -0.2) is 4.98 Å². The van der Waals surface area contributed by atoms with Gasteiger partial charge in [0.15, 0.2) is 0 Å². The zero-order chi connectivity index (χ0) is 13.4. The highest BCUT2D eigenvalue weighted by Crippen LogP contribution is 2.38. The zero-order valence-electron chi connectivity index (χ0n) is 11.4. The molecular weight excluding hydrogens is 256 g/mol. The highest BCUT2D eigenvalue weighted by molar-refractivity contribution is 6.30. The Morgan fingerprint density at radius 3 is 2.84 bits per heavy atom. The summed E-state index contributed by atoms with van der Waals surface area (Å²) in [6.07, 6.45) is 1.37. The Hall–Kier alpha value is -1.12. The number of nitrogens with zero attached hydrogens (tertiary/aromatic N) is 2. The quantitative estimate of drug-likeness (QED) is 0.784. The molecule has 0 aliphatic heterocycles. The lowest BCUT2D eigenvalue weighted by atomic mass is 10.1. The van der Waals surface area contributed by atoms with E-state index in [0.29, 0.717) is 5.15 Å². The number of rotatable bonds is 4. The minimum absolute atomic E-state index is 0.634. The number of hydrogen-bond acceptors (Lipinski definition) is 2. The fourth-order valence-electron chi connectivity index (χ4n) is 2.66. The predicted octanol–water partition coefficient (Wildman–Crippen LogP) is 3.98. The van der Waals surface area contributed by atoms with Gasteiger partial charge in [-0.1, -0.05) is 36.7 Å². The molecule has 100 valence electrons. The lowest BCUT2D eigenvalue weighted by Crippen LogP contribution is -2.21. The first-order valence-electron chi connectivity index (χ1n) is 6.86. The summed E-state index contributed by atoms with van der Waals surface area (Å²) in [4.78, 5) is 6.83. The van der Waals surface area contributed by atoms with Crippen LogP contribution in [0.4, 0.5) is 0 Å². The maximum Gasteiger partial charge on any atom is 0.134 e. The summed E-state index contributed by atoms with van der Waals surface area (Å²) >= 11 is 6.29. The number of fused-ring (bicyclic) bond motifs is 1. The van der Waals surface area contributed by atoms with Crippen LogP contribution in [-0.2, 0) is 6.54 Å². The molecule has 3 rings (SSSR count). The average Bonchev–Trinajstić information content (AvgIpc) is 3.05. The van der Waals surface area contributed by atoms with Crippen molar-refractivity contribution < 1.29 is 0 Å². The van der Waals surface area contributed by atoms with Crippen LogP contribution in [0, 0.1) is 11.8 Å². The fourth-order valence-corrected chi connectivity index (χ4v) is 2.86. The molecule has 1 saturated carbocycles. The number of hydrogen-bond donors (Lipinski definition) is 0. The van der Waals surface area contributed by atoms with E-state index < -0.39 is 0 Å². The van der Waals surface area contributed by atoms with Crippen LogP contribution >= 0.6 is 11.6 Å². The SMILES string of the molecule is CC1CC1CN(C)Cc1cc2ccccc2nc1Cl. The molecule has 2 nitrogen and oxygen atoms in total. The highest BCUT2D eigenvalue weighted by atomic mass is 35.5. The Morgan fingerprint density at radius 2 is 2.11 bits per heavy atom. The lowest BCUT2D eigenvalue weighted by molar-refractivity contribution is 0.307. The summed E-state index contributed by atoms with van der Waals surface area (Å²) in [5.74, 6) is 1.77. The third-order valence-corrected chi connectivity index (χ3v) is 4.34. The van der Waals surface area contributed by atoms with Gasteiger partial charge >= 0.3 is 0 Å². The summed E-state index contributed by atoms with van der Waals surface area (Å²) < 4.78 is 0. The molecule has 19 heavy (non-hydrogen) atoms. The van der Waals surface area contributed by atoms with E-state index >= 15 is 0 Å². The predicted molar refractivity (Wildman–Crippen MR) is 80.4 cm³/mol. The van der Waals surface area contributed by atoms with Crippen LogP contribution in [0.3, 0.4) is 0 Å². The van der Waals surface area contributed by atoms with Gasteiger partial charge in [-0.15, -0.1) is 0 Å². The minimum atomic E-state index is 0.634. The molecule has 0 saturated heterocycles. The highest BCUT2D eigenvalue weighted by Gasteiger charge is 2.33. The first-order chi connectivity index (χ1) is 9.13. The monoisotopic (exact) mass is 274 g/mol. The molecule has 3 heteroatoms. The first kappa shape index (κ1) is 12.9. The number of para-hydroxylation sites is 1. The Kier molecular flexibility index (Phi) is 3.46. The molecule has 0 radical (unpaired) electrons. The molecule has 1 fully saturated rings. The number of halogens is 1. The molecule has 1 aromatic heterocycles. The van der Waals surface area contributed by atoms with Crippen LogP contribution in [0.5, 0.6) is 0 Å². The lowest BCUT2D eigenvalue weighted by Gasteiger charge is -2.17. The normalized spacial score (nSPS) is 22.1. The van der Waals surface area contributed by atoms with Crippen molar-refractivity contribution in [2.75, 3.05) is 13.6 Å². The molecule has 0 spiro atoms. The van der Waals surface area contributed by atoms with E-state index in [-0.39, 0.29) is 0 Å². The first-order valence-corrected chi connectivity index (χ1v) is 7.24. The topological polar surface area (TPSA) is 16.1 Å². The maximum atomic E-state index is 6.29. The summed E-state index contributed by atoms with van der Waals surface area (Å²) in [7, 11) is 2.16. The van der Waals surface area contributed by atoms with E-state index in [1.165, 1.54) is 6.42 Å². The van der Waals surface area contributed by atoms with Gasteiger partial charge < -0.3 is 4.90 Å². The van der Waals surface area contributed by atoms with E-state index in [0.717, 1.165) is 41.4 Å². The van der Waals surface area contributed by atoms with Crippen molar-refractivity contribution in [2.24, 2.45) is 11.8 Å².